The minimum absolute atomic E-state index is 0.0379. The molecule has 0 aliphatic heterocycles. The number of halogens is 5. The highest BCUT2D eigenvalue weighted by atomic mass is 79.9. The van der Waals surface area contributed by atoms with Crippen molar-refractivity contribution in [2.75, 3.05) is 0 Å². The summed E-state index contributed by atoms with van der Waals surface area (Å²) in [7, 11) is 0. The molecule has 0 aliphatic rings. The average Bonchev–Trinajstić information content (AvgIpc) is 2.81. The number of nitrogens with zero attached hydrogens (tertiary/aromatic N) is 1. The molecule has 0 bridgehead atoms. The second-order valence-electron chi connectivity index (χ2n) is 6.37. The Morgan fingerprint density at radius 2 is 1.76 bits per heavy atom. The van der Waals surface area contributed by atoms with Crippen molar-refractivity contribution in [1.29, 1.82) is 5.26 Å². The van der Waals surface area contributed by atoms with E-state index in [0.717, 1.165) is 5.56 Å². The van der Waals surface area contributed by atoms with E-state index in [-0.39, 0.29) is 20.5 Å². The van der Waals surface area contributed by atoms with Crippen LogP contribution in [0.2, 0.25) is 5.02 Å². The van der Waals surface area contributed by atoms with Gasteiger partial charge in [-0.3, -0.25) is 0 Å². The first-order chi connectivity index (χ1) is 11.4. The summed E-state index contributed by atoms with van der Waals surface area (Å²) in [6, 6.07) is 8.77. The summed E-state index contributed by atoms with van der Waals surface area (Å²) in [6.45, 7) is 5.90. The van der Waals surface area contributed by atoms with Crippen LogP contribution in [-0.2, 0) is 6.18 Å². The van der Waals surface area contributed by atoms with Crippen molar-refractivity contribution in [3.8, 4) is 6.07 Å². The van der Waals surface area contributed by atoms with Gasteiger partial charge < -0.3 is 4.98 Å². The topological polar surface area (TPSA) is 39.6 Å². The molecule has 2 nitrogen and oxygen atoms in total. The molecule has 134 valence electrons. The van der Waals surface area contributed by atoms with Crippen LogP contribution >= 0.6 is 39.3 Å². The highest BCUT2D eigenvalue weighted by Crippen LogP contribution is 2.47. The van der Waals surface area contributed by atoms with Crippen LogP contribution < -0.4 is 0 Å². The van der Waals surface area contributed by atoms with Crippen molar-refractivity contribution >= 4 is 39.3 Å². The summed E-state index contributed by atoms with van der Waals surface area (Å²) in [5.74, 6) is 0. The fourth-order valence-electron chi connectivity index (χ4n) is 2.28. The molecule has 0 aliphatic carbocycles. The summed E-state index contributed by atoms with van der Waals surface area (Å²) < 4.78 is 39.2. The van der Waals surface area contributed by atoms with Gasteiger partial charge in [-0.1, -0.05) is 44.5 Å². The molecule has 8 heteroatoms. The van der Waals surface area contributed by atoms with Crippen LogP contribution in [0.1, 0.15) is 48.5 Å². The van der Waals surface area contributed by atoms with Gasteiger partial charge in [-0.05, 0) is 33.6 Å². The Kier molecular flexibility index (Phi) is 5.87. The largest absolute Gasteiger partial charge is 0.432 e. The molecule has 1 aromatic heterocycles. The maximum absolute atomic E-state index is 13.2. The molecule has 2 rings (SSSR count). The van der Waals surface area contributed by atoms with Crippen molar-refractivity contribution in [2.45, 2.75) is 36.9 Å². The van der Waals surface area contributed by atoms with Gasteiger partial charge in [0.15, 0.2) is 0 Å². The standard InChI is InChI=1S/C17H15BrClF3N2S/c1-16(2,3)25-14(9-4-6-10(19)7-5-9)13-11(8-23)12(18)15(24-13)17(20,21)22/h4-7,14,24H,1-3H3. The molecule has 1 atom stereocenters. The molecule has 25 heavy (non-hydrogen) atoms. The monoisotopic (exact) mass is 450 g/mol. The summed E-state index contributed by atoms with van der Waals surface area (Å²) in [5.41, 5.74) is 0.00351. The third-order valence-electron chi connectivity index (χ3n) is 3.27. The fraction of sp³-hybridized carbons (Fsp3) is 0.353. The minimum Gasteiger partial charge on any atom is -0.352 e. The Morgan fingerprint density at radius 3 is 2.20 bits per heavy atom. The van der Waals surface area contributed by atoms with E-state index < -0.39 is 17.1 Å². The number of hydrogen-bond donors (Lipinski definition) is 1. The minimum atomic E-state index is -4.58. The molecule has 1 heterocycles. The third kappa shape index (κ3) is 4.75. The number of rotatable bonds is 3. The summed E-state index contributed by atoms with van der Waals surface area (Å²) in [5, 5.41) is 9.48. The van der Waals surface area contributed by atoms with Crippen molar-refractivity contribution in [3.63, 3.8) is 0 Å². The molecule has 0 spiro atoms. The molecule has 0 fully saturated rings. The molecule has 0 saturated heterocycles. The molecule has 1 aromatic carbocycles. The lowest BCUT2D eigenvalue weighted by Gasteiger charge is -2.26. The SMILES string of the molecule is CC(C)(C)SC(c1ccc(Cl)cc1)c1[nH]c(C(F)(F)F)c(Br)c1C#N. The number of aromatic amines is 1. The Hall–Kier alpha value is -1.10. The normalized spacial score (nSPS) is 13.6. The third-order valence-corrected chi connectivity index (χ3v) is 5.77. The van der Waals surface area contributed by atoms with Gasteiger partial charge in [-0.25, -0.2) is 0 Å². The van der Waals surface area contributed by atoms with Gasteiger partial charge in [-0.2, -0.15) is 18.4 Å². The van der Waals surface area contributed by atoms with Gasteiger partial charge >= 0.3 is 6.18 Å². The average molecular weight is 452 g/mol. The van der Waals surface area contributed by atoms with Crippen LogP contribution in [0.5, 0.6) is 0 Å². The van der Waals surface area contributed by atoms with E-state index in [4.69, 9.17) is 11.6 Å². The quantitative estimate of drug-likeness (QED) is 0.549. The van der Waals surface area contributed by atoms with E-state index in [9.17, 15) is 18.4 Å². The number of nitrogens with one attached hydrogen (secondary N) is 1. The Morgan fingerprint density at radius 1 is 1.20 bits per heavy atom. The van der Waals surface area contributed by atoms with E-state index in [1.165, 1.54) is 11.8 Å². The lowest BCUT2D eigenvalue weighted by atomic mass is 10.1. The van der Waals surface area contributed by atoms with Crippen molar-refractivity contribution in [1.82, 2.24) is 4.98 Å². The van der Waals surface area contributed by atoms with Crippen LogP contribution in [0, 0.1) is 11.3 Å². The predicted molar refractivity (Wildman–Crippen MR) is 98.8 cm³/mol. The van der Waals surface area contributed by atoms with Crippen LogP contribution in [0.15, 0.2) is 28.7 Å². The number of hydrogen-bond acceptors (Lipinski definition) is 2. The van der Waals surface area contributed by atoms with Gasteiger partial charge in [0.2, 0.25) is 0 Å². The maximum Gasteiger partial charge on any atom is 0.432 e. The molecular weight excluding hydrogens is 437 g/mol. The van der Waals surface area contributed by atoms with Crippen molar-refractivity contribution in [2.24, 2.45) is 0 Å². The molecule has 2 aromatic rings. The Labute approximate surface area is 161 Å². The molecule has 1 unspecified atom stereocenters. The number of thioether (sulfide) groups is 1. The van der Waals surface area contributed by atoms with Gasteiger partial charge in [-0.15, -0.1) is 11.8 Å². The smallest absolute Gasteiger partial charge is 0.352 e. The van der Waals surface area contributed by atoms with E-state index in [1.54, 1.807) is 24.3 Å². The van der Waals surface area contributed by atoms with E-state index >= 15 is 0 Å². The fourth-order valence-corrected chi connectivity index (χ4v) is 4.33. The number of benzene rings is 1. The number of H-pyrrole nitrogens is 1. The highest BCUT2D eigenvalue weighted by molar-refractivity contribution is 9.10. The maximum atomic E-state index is 13.2. The zero-order chi connectivity index (χ0) is 19.0. The lowest BCUT2D eigenvalue weighted by molar-refractivity contribution is -0.141. The molecule has 0 radical (unpaired) electrons. The number of aromatic nitrogens is 1. The first-order valence-electron chi connectivity index (χ1n) is 7.26. The van der Waals surface area contributed by atoms with Crippen molar-refractivity contribution in [3.05, 3.63) is 56.3 Å². The Bertz CT molecular complexity index is 802. The molecule has 1 N–H and O–H groups in total. The predicted octanol–water partition coefficient (Wildman–Crippen LogP) is 6.94. The Balaban J connectivity index is 2.66. The second kappa shape index (κ2) is 7.26. The van der Waals surface area contributed by atoms with Crippen LogP contribution in [0.25, 0.3) is 0 Å². The van der Waals surface area contributed by atoms with Crippen LogP contribution in [-0.4, -0.2) is 9.73 Å². The summed E-state index contributed by atoms with van der Waals surface area (Å²) in [4.78, 5) is 2.43. The van der Waals surface area contributed by atoms with Gasteiger partial charge in [0, 0.05) is 9.77 Å². The first-order valence-corrected chi connectivity index (χ1v) is 9.31. The zero-order valence-corrected chi connectivity index (χ0v) is 16.8. The van der Waals surface area contributed by atoms with Gasteiger partial charge in [0.25, 0.3) is 0 Å². The lowest BCUT2D eigenvalue weighted by Crippen LogP contribution is -2.13. The molecular formula is C17H15BrClF3N2S. The zero-order valence-electron chi connectivity index (χ0n) is 13.6. The summed E-state index contributed by atoms with van der Waals surface area (Å²) in [6.07, 6.45) is -4.58. The van der Waals surface area contributed by atoms with E-state index in [2.05, 4.69) is 20.9 Å². The van der Waals surface area contributed by atoms with Crippen LogP contribution in [0.4, 0.5) is 13.2 Å². The van der Waals surface area contributed by atoms with E-state index in [1.807, 2.05) is 26.8 Å². The highest BCUT2D eigenvalue weighted by Gasteiger charge is 2.39. The van der Waals surface area contributed by atoms with Crippen LogP contribution in [0.3, 0.4) is 0 Å². The van der Waals surface area contributed by atoms with Gasteiger partial charge in [0.1, 0.15) is 11.8 Å². The second-order valence-corrected chi connectivity index (χ2v) is 9.54. The number of alkyl halides is 3. The van der Waals surface area contributed by atoms with Crippen molar-refractivity contribution < 1.29 is 13.2 Å². The first kappa shape index (κ1) is 20.2. The summed E-state index contributed by atoms with van der Waals surface area (Å²) >= 11 is 10.3. The number of nitriles is 1. The molecule has 0 amide bonds. The molecule has 0 saturated carbocycles. The van der Waals surface area contributed by atoms with Gasteiger partial charge in [0.05, 0.1) is 21.0 Å². The van der Waals surface area contributed by atoms with E-state index in [0.29, 0.717) is 5.02 Å².